The molecule has 7 rings (SSSR count). The van der Waals surface area contributed by atoms with Crippen LogP contribution >= 0.6 is 0 Å². The van der Waals surface area contributed by atoms with Crippen molar-refractivity contribution in [2.45, 2.75) is 37.6 Å². The summed E-state index contributed by atoms with van der Waals surface area (Å²) in [4.78, 5) is 77.0. The van der Waals surface area contributed by atoms with E-state index in [-0.39, 0.29) is 75.6 Å². The van der Waals surface area contributed by atoms with E-state index >= 15 is 0 Å². The van der Waals surface area contributed by atoms with E-state index in [1.165, 1.54) is 39.5 Å². The van der Waals surface area contributed by atoms with E-state index < -0.39 is 54.1 Å². The van der Waals surface area contributed by atoms with Crippen LogP contribution in [0.25, 0.3) is 0 Å². The molecule has 0 bridgehead atoms. The van der Waals surface area contributed by atoms with Crippen LogP contribution in [0.15, 0.2) is 164 Å². The third-order valence-electron chi connectivity index (χ3n) is 13.9. The van der Waals surface area contributed by atoms with Gasteiger partial charge in [-0.25, -0.2) is 28.8 Å². The van der Waals surface area contributed by atoms with E-state index in [9.17, 15) is 28.8 Å². The second kappa shape index (κ2) is 38.8. The largest absolute Gasteiger partial charge is 0.497 e. The molecule has 0 saturated carbocycles. The summed E-state index contributed by atoms with van der Waals surface area (Å²) < 4.78 is 65.5. The van der Waals surface area contributed by atoms with Crippen molar-refractivity contribution < 1.29 is 85.6 Å². The summed E-state index contributed by atoms with van der Waals surface area (Å²) in [6.45, 7) is -1.05. The zero-order chi connectivity index (χ0) is 68.3. The number of hydrogen-bond acceptors (Lipinski definition) is 18. The van der Waals surface area contributed by atoms with Gasteiger partial charge >= 0.3 is 35.8 Å². The average Bonchev–Trinajstić information content (AvgIpc) is 1.03. The molecular formula is C78H66O18. The van der Waals surface area contributed by atoms with Crippen molar-refractivity contribution in [2.75, 3.05) is 82.3 Å². The number of methoxy groups -OCH3 is 6. The molecule has 3 unspecified atom stereocenters. The summed E-state index contributed by atoms with van der Waals surface area (Å²) in [5, 5.41) is 0. The minimum atomic E-state index is -0.915. The highest BCUT2D eigenvalue weighted by molar-refractivity contribution is 6.00. The molecule has 0 amide bonds. The Balaban J connectivity index is 1.04. The van der Waals surface area contributed by atoms with Gasteiger partial charge in [0, 0.05) is 36.0 Å². The van der Waals surface area contributed by atoms with Crippen LogP contribution in [0.4, 0.5) is 0 Å². The SMILES string of the molecule is COC(=O)c1ccc(C#CCOC(CC#CCOC(=O)c2cc(C(=O)OCC#CCC(OCC#Cc3ccc(C(=O)OC)cc3)c3ccc(OC)cc3)cc(C(=O)OCC#CCC(OCC#Cc3ccc(C(=O)OC)cc3)c3ccc(OC)cc3)c2)c2ccc(OC)cc2)cc1. The Bertz CT molecular complexity index is 3750. The third-order valence-corrected chi connectivity index (χ3v) is 13.9. The summed E-state index contributed by atoms with van der Waals surface area (Å²) >= 11 is 0. The van der Waals surface area contributed by atoms with E-state index in [1.807, 2.05) is 36.4 Å². The zero-order valence-corrected chi connectivity index (χ0v) is 53.5. The van der Waals surface area contributed by atoms with Gasteiger partial charge in [-0.15, -0.1) is 0 Å². The zero-order valence-electron chi connectivity index (χ0n) is 53.5. The fourth-order valence-electron chi connectivity index (χ4n) is 8.72. The van der Waals surface area contributed by atoms with Crippen molar-refractivity contribution in [3.8, 4) is 88.3 Å². The van der Waals surface area contributed by atoms with E-state index in [0.717, 1.165) is 16.7 Å². The number of hydrogen-bond donors (Lipinski definition) is 0. The molecule has 96 heavy (non-hydrogen) atoms. The number of benzene rings is 7. The fraction of sp³-hybridized carbons (Fsp3) is 0.231. The molecule has 0 radical (unpaired) electrons. The van der Waals surface area contributed by atoms with E-state index in [4.69, 9.17) is 56.8 Å². The minimum absolute atomic E-state index is 0.0298. The van der Waals surface area contributed by atoms with Crippen LogP contribution in [0.3, 0.4) is 0 Å². The van der Waals surface area contributed by atoms with Gasteiger partial charge in [-0.1, -0.05) is 107 Å². The molecule has 18 heteroatoms. The first kappa shape index (κ1) is 71.4. The Kier molecular flexibility index (Phi) is 28.8. The van der Waals surface area contributed by atoms with Crippen LogP contribution in [-0.2, 0) is 42.6 Å². The van der Waals surface area contributed by atoms with Crippen LogP contribution in [0.1, 0.15) is 133 Å². The lowest BCUT2D eigenvalue weighted by Crippen LogP contribution is -2.14. The third kappa shape index (κ3) is 23.0. The van der Waals surface area contributed by atoms with Crippen molar-refractivity contribution in [2.24, 2.45) is 0 Å². The number of ether oxygens (including phenoxy) is 12. The van der Waals surface area contributed by atoms with Gasteiger partial charge < -0.3 is 56.8 Å². The number of carbonyl (C=O) groups is 6. The maximum Gasteiger partial charge on any atom is 0.339 e. The summed E-state index contributed by atoms with van der Waals surface area (Å²) in [6.07, 6.45) is -1.15. The van der Waals surface area contributed by atoms with Gasteiger partial charge in [-0.2, -0.15) is 0 Å². The van der Waals surface area contributed by atoms with Crippen LogP contribution in [-0.4, -0.2) is 118 Å². The quantitative estimate of drug-likeness (QED) is 0.0312. The van der Waals surface area contributed by atoms with Crippen LogP contribution in [0.2, 0.25) is 0 Å². The lowest BCUT2D eigenvalue weighted by Gasteiger charge is -2.15. The monoisotopic (exact) mass is 1290 g/mol. The van der Waals surface area contributed by atoms with E-state index in [1.54, 1.807) is 131 Å². The Hall–Kier alpha value is -12.0. The molecule has 3 atom stereocenters. The molecular weight excluding hydrogens is 1220 g/mol. The Labute approximate surface area is 557 Å². The Morgan fingerprint density at radius 3 is 0.760 bits per heavy atom. The second-order valence-electron chi connectivity index (χ2n) is 20.0. The van der Waals surface area contributed by atoms with Crippen LogP contribution in [0.5, 0.6) is 17.2 Å². The highest BCUT2D eigenvalue weighted by Crippen LogP contribution is 2.27. The first-order valence-electron chi connectivity index (χ1n) is 29.6. The summed E-state index contributed by atoms with van der Waals surface area (Å²) in [6, 6.07) is 45.3. The number of carbonyl (C=O) groups excluding carboxylic acids is 6. The maximum atomic E-state index is 13.8. The first-order chi connectivity index (χ1) is 46.8. The van der Waals surface area contributed by atoms with Gasteiger partial charge in [0.2, 0.25) is 0 Å². The molecule has 0 spiro atoms. The molecule has 0 aliphatic heterocycles. The molecule has 7 aromatic rings. The van der Waals surface area contributed by atoms with Gasteiger partial charge in [0.25, 0.3) is 0 Å². The molecule has 18 nitrogen and oxygen atoms in total. The predicted molar refractivity (Wildman–Crippen MR) is 354 cm³/mol. The van der Waals surface area contributed by atoms with Crippen molar-refractivity contribution in [3.05, 3.63) is 231 Å². The molecule has 0 saturated heterocycles. The van der Waals surface area contributed by atoms with Crippen molar-refractivity contribution >= 4 is 35.8 Å². The molecule has 486 valence electrons. The lowest BCUT2D eigenvalue weighted by atomic mass is 10.1. The van der Waals surface area contributed by atoms with Gasteiger partial charge in [0.15, 0.2) is 19.8 Å². The fourth-order valence-corrected chi connectivity index (χ4v) is 8.72. The Morgan fingerprint density at radius 2 is 0.531 bits per heavy atom. The highest BCUT2D eigenvalue weighted by atomic mass is 16.6. The molecule has 0 fully saturated rings. The second-order valence-corrected chi connectivity index (χ2v) is 20.0. The van der Waals surface area contributed by atoms with Gasteiger partial charge in [-0.05, 0) is 144 Å². The standard InChI is InChI=1S/C78H66O18/c1-85-67-40-34-58(35-41-67)70(91-49-13-16-55-22-28-61(29-23-55)73(79)88-4)19-7-10-46-94-76(82)64-52-65(77(83)95-47-11-8-20-71(59-36-42-68(86-2)43-37-59)92-50-14-17-56-24-30-62(31-25-56)74(80)89-5)54-66(53-64)78(84)96-48-12-9-21-72(60-38-44-69(87-3)45-39-60)93-51-15-18-57-26-32-63(33-27-57)75(81)90-6/h22-45,52-54,70-72H,19-21,46-51H2,1-6H3. The highest BCUT2D eigenvalue weighted by Gasteiger charge is 2.20. The first-order valence-corrected chi connectivity index (χ1v) is 29.6. The van der Waals surface area contributed by atoms with Crippen LogP contribution < -0.4 is 14.2 Å². The molecule has 0 aliphatic carbocycles. The minimum Gasteiger partial charge on any atom is -0.497 e. The molecule has 0 N–H and O–H groups in total. The normalized spacial score (nSPS) is 10.9. The number of esters is 6. The van der Waals surface area contributed by atoms with Crippen molar-refractivity contribution in [1.82, 2.24) is 0 Å². The smallest absolute Gasteiger partial charge is 0.339 e. The predicted octanol–water partition coefficient (Wildman–Crippen LogP) is 11.2. The molecule has 0 heterocycles. The Morgan fingerprint density at radius 1 is 0.281 bits per heavy atom. The van der Waals surface area contributed by atoms with E-state index in [0.29, 0.717) is 50.6 Å². The topological polar surface area (TPSA) is 213 Å². The summed E-state index contributed by atoms with van der Waals surface area (Å²) in [5.74, 6) is 33.4. The maximum absolute atomic E-state index is 13.8. The van der Waals surface area contributed by atoms with Gasteiger partial charge in [-0.3, -0.25) is 0 Å². The molecule has 0 aromatic heterocycles. The van der Waals surface area contributed by atoms with Crippen LogP contribution in [0, 0.1) is 71.0 Å². The van der Waals surface area contributed by atoms with Crippen molar-refractivity contribution in [3.63, 3.8) is 0 Å². The number of rotatable bonds is 24. The van der Waals surface area contributed by atoms with Gasteiger partial charge in [0.05, 0.1) is 94.4 Å². The molecule has 0 aliphatic rings. The van der Waals surface area contributed by atoms with E-state index in [2.05, 4.69) is 71.0 Å². The van der Waals surface area contributed by atoms with Crippen molar-refractivity contribution in [1.29, 1.82) is 0 Å². The summed E-state index contributed by atoms with van der Waals surface area (Å²) in [7, 11) is 8.60. The average molecular weight is 1290 g/mol. The summed E-state index contributed by atoms with van der Waals surface area (Å²) in [5.41, 5.74) is 4.97. The molecule has 7 aromatic carbocycles. The lowest BCUT2D eigenvalue weighted by molar-refractivity contribution is 0.0544. The van der Waals surface area contributed by atoms with Gasteiger partial charge in [0.1, 0.15) is 37.1 Å².